The zero-order valence-corrected chi connectivity index (χ0v) is 22.4. The highest BCUT2D eigenvalue weighted by Crippen LogP contribution is 2.47. The monoisotopic (exact) mass is 539 g/mol. The van der Waals surface area contributed by atoms with E-state index in [0.717, 1.165) is 22.0 Å². The van der Waals surface area contributed by atoms with Gasteiger partial charge in [-0.1, -0.05) is 26.0 Å². The number of hydrogen-bond donors (Lipinski definition) is 2. The first-order valence-electron chi connectivity index (χ1n) is 13.3. The van der Waals surface area contributed by atoms with Crippen LogP contribution in [0.5, 0.6) is 11.5 Å². The van der Waals surface area contributed by atoms with Gasteiger partial charge in [-0.3, -0.25) is 14.6 Å². The number of carbonyl (C=O) groups excluding carboxylic acids is 2. The lowest BCUT2D eigenvalue weighted by Crippen LogP contribution is -2.35. The Morgan fingerprint density at radius 3 is 2.15 bits per heavy atom. The first kappa shape index (κ1) is 27.0. The van der Waals surface area contributed by atoms with Gasteiger partial charge in [-0.25, -0.2) is 4.39 Å². The Balaban J connectivity index is 0.00000158. The molecule has 0 saturated heterocycles. The summed E-state index contributed by atoms with van der Waals surface area (Å²) in [7, 11) is 0. The van der Waals surface area contributed by atoms with Crippen molar-refractivity contribution in [2.75, 3.05) is 23.8 Å². The third kappa shape index (κ3) is 5.72. The third-order valence-electron chi connectivity index (χ3n) is 6.84. The molecule has 8 heteroatoms. The maximum Gasteiger partial charge on any atom is 0.240 e. The van der Waals surface area contributed by atoms with Crippen molar-refractivity contribution < 1.29 is 23.5 Å². The number of ether oxygens (including phenoxy) is 2. The van der Waals surface area contributed by atoms with E-state index in [2.05, 4.69) is 21.7 Å². The molecule has 2 amide bonds. The number of halogens is 1. The minimum atomic E-state index is -1.13. The largest absolute Gasteiger partial charge is 0.457 e. The van der Waals surface area contributed by atoms with Gasteiger partial charge in [-0.05, 0) is 90.7 Å². The van der Waals surface area contributed by atoms with E-state index in [1.807, 2.05) is 38.1 Å². The number of nitrogens with zero attached hydrogens (tertiary/aromatic N) is 1. The number of nitrogens with one attached hydrogen (secondary N) is 2. The number of fused-ring (bicyclic) bond motifs is 1. The van der Waals surface area contributed by atoms with Gasteiger partial charge in [0.15, 0.2) is 0 Å². The quantitative estimate of drug-likeness (QED) is 0.248. The summed E-state index contributed by atoms with van der Waals surface area (Å²) >= 11 is 0. The minimum Gasteiger partial charge on any atom is -0.457 e. The Bertz CT molecular complexity index is 1560. The van der Waals surface area contributed by atoms with Crippen molar-refractivity contribution >= 4 is 39.7 Å². The Labute approximate surface area is 232 Å². The van der Waals surface area contributed by atoms with Crippen LogP contribution in [0.15, 0.2) is 85.1 Å². The van der Waals surface area contributed by atoms with Crippen LogP contribution in [-0.2, 0) is 14.3 Å². The van der Waals surface area contributed by atoms with Gasteiger partial charge >= 0.3 is 0 Å². The van der Waals surface area contributed by atoms with Crippen molar-refractivity contribution in [2.45, 2.75) is 26.7 Å². The fraction of sp³-hybridized carbons (Fsp3) is 0.219. The molecule has 40 heavy (non-hydrogen) atoms. The molecule has 0 unspecified atom stereocenters. The third-order valence-corrected chi connectivity index (χ3v) is 6.84. The summed E-state index contributed by atoms with van der Waals surface area (Å²) in [6, 6.07) is 20.3. The molecule has 1 fully saturated rings. The molecule has 1 aliphatic carbocycles. The maximum atomic E-state index is 13.1. The average Bonchev–Trinajstić information content (AvgIpc) is 3.63. The number of hydrogen-bond acceptors (Lipinski definition) is 5. The summed E-state index contributed by atoms with van der Waals surface area (Å²) in [6.45, 7) is 5.23. The van der Waals surface area contributed by atoms with Gasteiger partial charge in [0, 0.05) is 23.0 Å². The van der Waals surface area contributed by atoms with Crippen LogP contribution in [0.4, 0.5) is 15.8 Å². The molecule has 1 aromatic heterocycles. The summed E-state index contributed by atoms with van der Waals surface area (Å²) in [5, 5.41) is 6.43. The molecule has 0 atom stereocenters. The molecule has 6 rings (SSSR count). The van der Waals surface area contributed by atoms with Crippen LogP contribution in [0.25, 0.3) is 16.5 Å². The number of aromatic nitrogens is 1. The van der Waals surface area contributed by atoms with E-state index in [9.17, 15) is 14.0 Å². The average molecular weight is 540 g/mol. The van der Waals surface area contributed by atoms with Crippen LogP contribution in [0, 0.1) is 11.2 Å². The topological polar surface area (TPSA) is 89.6 Å². The molecule has 3 aromatic carbocycles. The van der Waals surface area contributed by atoms with Crippen LogP contribution < -0.4 is 15.4 Å². The second-order valence-corrected chi connectivity index (χ2v) is 9.41. The van der Waals surface area contributed by atoms with E-state index in [4.69, 9.17) is 9.47 Å². The van der Waals surface area contributed by atoms with Gasteiger partial charge in [-0.15, -0.1) is 0 Å². The van der Waals surface area contributed by atoms with Crippen molar-refractivity contribution in [1.29, 1.82) is 0 Å². The van der Waals surface area contributed by atoms with Gasteiger partial charge < -0.3 is 20.1 Å². The van der Waals surface area contributed by atoms with E-state index in [-0.39, 0.29) is 5.91 Å². The van der Waals surface area contributed by atoms with Gasteiger partial charge in [0.2, 0.25) is 11.8 Å². The molecule has 1 aliphatic heterocycles. The second-order valence-electron chi connectivity index (χ2n) is 9.41. The summed E-state index contributed by atoms with van der Waals surface area (Å²) in [6.07, 6.45) is 4.69. The van der Waals surface area contributed by atoms with Gasteiger partial charge in [-0.2, -0.15) is 0 Å². The van der Waals surface area contributed by atoms with Crippen LogP contribution in [-0.4, -0.2) is 30.0 Å². The van der Waals surface area contributed by atoms with E-state index in [1.165, 1.54) is 24.3 Å². The molecule has 2 aliphatic rings. The predicted octanol–water partition coefficient (Wildman–Crippen LogP) is 6.96. The molecule has 204 valence electrons. The highest BCUT2D eigenvalue weighted by atomic mass is 19.1. The van der Waals surface area contributed by atoms with Crippen molar-refractivity contribution in [3.63, 3.8) is 0 Å². The van der Waals surface area contributed by atoms with Crippen LogP contribution >= 0.6 is 0 Å². The number of benzene rings is 3. The van der Waals surface area contributed by atoms with Gasteiger partial charge in [0.05, 0.1) is 18.7 Å². The van der Waals surface area contributed by atoms with Crippen LogP contribution in [0.2, 0.25) is 0 Å². The summed E-state index contributed by atoms with van der Waals surface area (Å²) in [5.41, 5.74) is 2.93. The predicted molar refractivity (Wildman–Crippen MR) is 154 cm³/mol. The standard InChI is InChI=1S/C30H24FN3O4.C2H6/c31-21-2-4-22(5-3-21)33-28(35)30(13-14-30)29(36)34-23-6-8-24(9-7-23)38-27-11-15-32-26-17-19(1-10-25(26)27)20-12-16-37-18-20;1-2/h1-12,15,17H,13-14,16,18H2,(H,33,35)(H,34,36);1-2H3. The molecule has 1 saturated carbocycles. The summed E-state index contributed by atoms with van der Waals surface area (Å²) in [5.74, 6) is 0.106. The fourth-order valence-electron chi connectivity index (χ4n) is 4.45. The lowest BCUT2D eigenvalue weighted by atomic mass is 10.0. The zero-order chi connectivity index (χ0) is 28.1. The van der Waals surface area contributed by atoms with E-state index in [1.54, 1.807) is 30.5 Å². The first-order valence-corrected chi connectivity index (χ1v) is 13.3. The fourth-order valence-corrected chi connectivity index (χ4v) is 4.45. The second kappa shape index (κ2) is 11.7. The number of anilines is 2. The number of amides is 2. The molecule has 7 nitrogen and oxygen atoms in total. The lowest BCUT2D eigenvalue weighted by Gasteiger charge is -2.16. The molecular weight excluding hydrogens is 509 g/mol. The maximum absolute atomic E-state index is 13.1. The van der Waals surface area contributed by atoms with Crippen LogP contribution in [0.1, 0.15) is 32.3 Å². The van der Waals surface area contributed by atoms with Crippen molar-refractivity contribution in [2.24, 2.45) is 5.41 Å². The molecule has 4 aromatic rings. The molecule has 0 bridgehead atoms. The summed E-state index contributed by atoms with van der Waals surface area (Å²) < 4.78 is 24.7. The lowest BCUT2D eigenvalue weighted by molar-refractivity contribution is -0.131. The Hall–Kier alpha value is -4.56. The molecular formula is C32H30FN3O4. The van der Waals surface area contributed by atoms with E-state index >= 15 is 0 Å². The first-order chi connectivity index (χ1) is 19.5. The Kier molecular flexibility index (Phi) is 7.89. The molecule has 0 radical (unpaired) electrons. The van der Waals surface area contributed by atoms with Crippen LogP contribution in [0.3, 0.4) is 0 Å². The highest BCUT2D eigenvalue weighted by molar-refractivity contribution is 6.16. The minimum absolute atomic E-state index is 0.371. The van der Waals surface area contributed by atoms with E-state index in [0.29, 0.717) is 48.9 Å². The molecule has 0 spiro atoms. The van der Waals surface area contributed by atoms with Gasteiger partial charge in [0.1, 0.15) is 22.7 Å². The smallest absolute Gasteiger partial charge is 0.240 e. The van der Waals surface area contributed by atoms with Gasteiger partial charge in [0.25, 0.3) is 0 Å². The number of rotatable bonds is 7. The normalized spacial score (nSPS) is 14.9. The van der Waals surface area contributed by atoms with E-state index < -0.39 is 17.1 Å². The highest BCUT2D eigenvalue weighted by Gasteiger charge is 2.56. The Morgan fingerprint density at radius 1 is 0.900 bits per heavy atom. The number of pyridine rings is 1. The molecule has 2 N–H and O–H groups in total. The molecule has 2 heterocycles. The van der Waals surface area contributed by atoms with Crippen molar-refractivity contribution in [3.05, 3.63) is 96.4 Å². The van der Waals surface area contributed by atoms with Crippen molar-refractivity contribution in [1.82, 2.24) is 4.98 Å². The summed E-state index contributed by atoms with van der Waals surface area (Å²) in [4.78, 5) is 30.2. The zero-order valence-electron chi connectivity index (χ0n) is 22.4. The van der Waals surface area contributed by atoms with Crippen molar-refractivity contribution in [3.8, 4) is 11.5 Å². The Morgan fingerprint density at radius 2 is 1.55 bits per heavy atom. The SMILES string of the molecule is CC.O=C(Nc1ccc(F)cc1)C1(C(=O)Nc2ccc(Oc3ccnc4cc(C5=CCOC5)ccc34)cc2)CC1. The number of carbonyl (C=O) groups is 2.